The third-order valence-electron chi connectivity index (χ3n) is 3.16. The predicted octanol–water partition coefficient (Wildman–Crippen LogP) is 2.05. The molecule has 21 heavy (non-hydrogen) atoms. The Morgan fingerprint density at radius 3 is 2.67 bits per heavy atom. The number of hydrogen-bond donors (Lipinski definition) is 2. The van der Waals surface area contributed by atoms with Crippen molar-refractivity contribution in [3.63, 3.8) is 0 Å². The Labute approximate surface area is 130 Å². The summed E-state index contributed by atoms with van der Waals surface area (Å²) in [6.07, 6.45) is 1.95. The van der Waals surface area contributed by atoms with Crippen LogP contribution in [-0.2, 0) is 11.2 Å². The van der Waals surface area contributed by atoms with E-state index in [0.717, 1.165) is 23.4 Å². The minimum absolute atomic E-state index is 0.0756. The van der Waals surface area contributed by atoms with Gasteiger partial charge in [0.1, 0.15) is 0 Å². The van der Waals surface area contributed by atoms with Gasteiger partial charge in [0.25, 0.3) is 0 Å². The Hall–Kier alpha value is -1.75. The van der Waals surface area contributed by atoms with Crippen LogP contribution in [0.1, 0.15) is 18.4 Å². The quantitative estimate of drug-likeness (QED) is 0.757. The molecule has 0 saturated heterocycles. The molecule has 1 aromatic carbocycles. The molecule has 0 radical (unpaired) electrons. The fourth-order valence-electron chi connectivity index (χ4n) is 1.81. The highest BCUT2D eigenvalue weighted by molar-refractivity contribution is 6.31. The number of urea groups is 1. The van der Waals surface area contributed by atoms with E-state index in [1.807, 2.05) is 24.3 Å². The highest BCUT2D eigenvalue weighted by Gasteiger charge is 2.09. The number of nitrogens with zero attached hydrogens (tertiary/aromatic N) is 1. The lowest BCUT2D eigenvalue weighted by Crippen LogP contribution is -2.39. The molecule has 1 rings (SSSR count). The molecule has 3 amide bonds. The van der Waals surface area contributed by atoms with Crippen molar-refractivity contribution < 1.29 is 9.59 Å². The van der Waals surface area contributed by atoms with Gasteiger partial charge in [0.2, 0.25) is 5.91 Å². The summed E-state index contributed by atoms with van der Waals surface area (Å²) in [5, 5.41) is 6.11. The Morgan fingerprint density at radius 1 is 1.29 bits per heavy atom. The molecule has 0 spiro atoms. The molecule has 0 atom stereocenters. The van der Waals surface area contributed by atoms with Crippen LogP contribution in [0, 0.1) is 0 Å². The molecule has 0 aliphatic heterocycles. The smallest absolute Gasteiger partial charge is 0.317 e. The maximum atomic E-state index is 11.8. The van der Waals surface area contributed by atoms with Crippen molar-refractivity contribution in [2.24, 2.45) is 0 Å². The Kier molecular flexibility index (Phi) is 7.61. The Bertz CT molecular complexity index is 480. The summed E-state index contributed by atoms with van der Waals surface area (Å²) in [5.74, 6) is -0.0756. The predicted molar refractivity (Wildman–Crippen MR) is 84.5 cm³/mol. The van der Waals surface area contributed by atoms with Crippen LogP contribution in [0.25, 0.3) is 0 Å². The van der Waals surface area contributed by atoms with Crippen molar-refractivity contribution >= 4 is 23.5 Å². The summed E-state index contributed by atoms with van der Waals surface area (Å²) in [7, 11) is 3.25. The third-order valence-corrected chi connectivity index (χ3v) is 3.53. The first-order valence-corrected chi connectivity index (χ1v) is 7.35. The first-order chi connectivity index (χ1) is 10.0. The van der Waals surface area contributed by atoms with Gasteiger partial charge in [0.05, 0.1) is 0 Å². The van der Waals surface area contributed by atoms with E-state index in [2.05, 4.69) is 10.6 Å². The van der Waals surface area contributed by atoms with E-state index in [4.69, 9.17) is 11.6 Å². The molecule has 0 heterocycles. The molecular weight excluding hydrogens is 290 g/mol. The molecule has 116 valence electrons. The summed E-state index contributed by atoms with van der Waals surface area (Å²) in [5.41, 5.74) is 1.08. The van der Waals surface area contributed by atoms with Gasteiger partial charge in [-0.25, -0.2) is 4.79 Å². The van der Waals surface area contributed by atoms with E-state index in [1.54, 1.807) is 14.1 Å². The van der Waals surface area contributed by atoms with E-state index in [-0.39, 0.29) is 11.9 Å². The number of hydrogen-bond acceptors (Lipinski definition) is 2. The number of amides is 3. The summed E-state index contributed by atoms with van der Waals surface area (Å²) in [6.45, 7) is 0.977. The standard InChI is InChI=1S/C15H22ClN3O2/c1-17-14(20)9-11-19(2)15(21)18-10-5-7-12-6-3-4-8-13(12)16/h3-4,6,8H,5,7,9-11H2,1-2H3,(H,17,20)(H,18,21). The zero-order valence-corrected chi connectivity index (χ0v) is 13.2. The lowest BCUT2D eigenvalue weighted by atomic mass is 10.1. The van der Waals surface area contributed by atoms with Gasteiger partial charge < -0.3 is 15.5 Å². The number of carbonyl (C=O) groups excluding carboxylic acids is 2. The SMILES string of the molecule is CNC(=O)CCN(C)C(=O)NCCCc1ccccc1Cl. The topological polar surface area (TPSA) is 61.4 Å². The van der Waals surface area contributed by atoms with Crippen molar-refractivity contribution in [1.82, 2.24) is 15.5 Å². The van der Waals surface area contributed by atoms with Crippen LogP contribution < -0.4 is 10.6 Å². The summed E-state index contributed by atoms with van der Waals surface area (Å²) >= 11 is 6.07. The summed E-state index contributed by atoms with van der Waals surface area (Å²) < 4.78 is 0. The van der Waals surface area contributed by atoms with E-state index in [1.165, 1.54) is 4.90 Å². The van der Waals surface area contributed by atoms with Crippen LogP contribution in [0.4, 0.5) is 4.79 Å². The van der Waals surface area contributed by atoms with Gasteiger partial charge in [0, 0.05) is 38.6 Å². The molecular formula is C15H22ClN3O2. The van der Waals surface area contributed by atoms with Crippen molar-refractivity contribution in [3.8, 4) is 0 Å². The number of benzene rings is 1. The fraction of sp³-hybridized carbons (Fsp3) is 0.467. The number of aryl methyl sites for hydroxylation is 1. The van der Waals surface area contributed by atoms with E-state index >= 15 is 0 Å². The molecule has 0 aliphatic rings. The molecule has 1 aromatic rings. The lowest BCUT2D eigenvalue weighted by Gasteiger charge is -2.17. The maximum absolute atomic E-state index is 11.8. The van der Waals surface area contributed by atoms with Crippen LogP contribution in [-0.4, -0.2) is 44.0 Å². The van der Waals surface area contributed by atoms with Crippen molar-refractivity contribution in [2.45, 2.75) is 19.3 Å². The number of rotatable bonds is 7. The van der Waals surface area contributed by atoms with E-state index < -0.39 is 0 Å². The monoisotopic (exact) mass is 311 g/mol. The normalized spacial score (nSPS) is 10.0. The maximum Gasteiger partial charge on any atom is 0.317 e. The van der Waals surface area contributed by atoms with Gasteiger partial charge in [-0.3, -0.25) is 4.79 Å². The minimum Gasteiger partial charge on any atom is -0.359 e. The molecule has 0 saturated carbocycles. The zero-order valence-electron chi connectivity index (χ0n) is 12.5. The second-order valence-corrected chi connectivity index (χ2v) is 5.18. The molecule has 6 heteroatoms. The summed E-state index contributed by atoms with van der Waals surface area (Å²) in [4.78, 5) is 24.4. The number of nitrogens with one attached hydrogen (secondary N) is 2. The van der Waals surface area contributed by atoms with E-state index in [9.17, 15) is 9.59 Å². The van der Waals surface area contributed by atoms with E-state index in [0.29, 0.717) is 19.5 Å². The van der Waals surface area contributed by atoms with Gasteiger partial charge in [-0.2, -0.15) is 0 Å². The molecule has 0 aromatic heterocycles. The number of carbonyl (C=O) groups is 2. The summed E-state index contributed by atoms with van der Waals surface area (Å²) in [6, 6.07) is 7.53. The molecule has 5 nitrogen and oxygen atoms in total. The van der Waals surface area contributed by atoms with Gasteiger partial charge in [0.15, 0.2) is 0 Å². The van der Waals surface area contributed by atoms with Crippen molar-refractivity contribution in [2.75, 3.05) is 27.2 Å². The van der Waals surface area contributed by atoms with Crippen LogP contribution in [0.3, 0.4) is 0 Å². The van der Waals surface area contributed by atoms with Crippen LogP contribution in [0.2, 0.25) is 5.02 Å². The first kappa shape index (κ1) is 17.3. The average molecular weight is 312 g/mol. The van der Waals surface area contributed by atoms with Crippen LogP contribution in [0.5, 0.6) is 0 Å². The number of halogens is 1. The fourth-order valence-corrected chi connectivity index (χ4v) is 2.04. The highest BCUT2D eigenvalue weighted by Crippen LogP contribution is 2.16. The second kappa shape index (κ2) is 9.23. The first-order valence-electron chi connectivity index (χ1n) is 6.97. The molecule has 0 aliphatic carbocycles. The largest absolute Gasteiger partial charge is 0.359 e. The van der Waals surface area contributed by atoms with Crippen molar-refractivity contribution in [3.05, 3.63) is 34.9 Å². The average Bonchev–Trinajstić information content (AvgIpc) is 2.50. The second-order valence-electron chi connectivity index (χ2n) is 4.77. The Balaban J connectivity index is 2.21. The zero-order chi connectivity index (χ0) is 15.7. The van der Waals surface area contributed by atoms with Gasteiger partial charge in [-0.15, -0.1) is 0 Å². The van der Waals surface area contributed by atoms with Crippen LogP contribution in [0.15, 0.2) is 24.3 Å². The third kappa shape index (κ3) is 6.49. The molecule has 0 unspecified atom stereocenters. The minimum atomic E-state index is -0.168. The molecule has 0 bridgehead atoms. The molecule has 0 fully saturated rings. The molecule has 2 N–H and O–H groups in total. The van der Waals surface area contributed by atoms with Crippen LogP contribution >= 0.6 is 11.6 Å². The lowest BCUT2D eigenvalue weighted by molar-refractivity contribution is -0.120. The van der Waals surface area contributed by atoms with Gasteiger partial charge in [-0.1, -0.05) is 29.8 Å². The van der Waals surface area contributed by atoms with Crippen molar-refractivity contribution in [1.29, 1.82) is 0 Å². The van der Waals surface area contributed by atoms with Gasteiger partial charge >= 0.3 is 6.03 Å². The highest BCUT2D eigenvalue weighted by atomic mass is 35.5. The Morgan fingerprint density at radius 2 is 2.00 bits per heavy atom. The van der Waals surface area contributed by atoms with Gasteiger partial charge in [-0.05, 0) is 24.5 Å².